The lowest BCUT2D eigenvalue weighted by atomic mass is 10.1. The molecule has 1 rings (SSSR count). The van der Waals surface area contributed by atoms with Gasteiger partial charge in [0.2, 0.25) is 5.82 Å². The topological polar surface area (TPSA) is 46.5 Å². The van der Waals surface area contributed by atoms with Gasteiger partial charge in [0.05, 0.1) is 0 Å². The van der Waals surface area contributed by atoms with E-state index >= 15 is 0 Å². The predicted molar refractivity (Wildman–Crippen MR) is 47.3 cm³/mol. The fourth-order valence-electron chi connectivity index (χ4n) is 1.04. The summed E-state index contributed by atoms with van der Waals surface area (Å²) in [6.45, 7) is 1.60. The molecule has 0 radical (unpaired) electrons. The summed E-state index contributed by atoms with van der Waals surface area (Å²) in [6.07, 6.45) is 0.245. The van der Waals surface area contributed by atoms with Crippen molar-refractivity contribution in [2.45, 2.75) is 13.3 Å². The van der Waals surface area contributed by atoms with E-state index in [-0.39, 0.29) is 12.0 Å². The molecule has 3 nitrogen and oxygen atoms in total. The van der Waals surface area contributed by atoms with Gasteiger partial charge >= 0.3 is 7.91 Å². The van der Waals surface area contributed by atoms with Crippen LogP contribution in [0.5, 0.6) is 5.75 Å². The highest BCUT2D eigenvalue weighted by atomic mass is 31.2. The standard InChI is InChI=1S/C8H8F3O3P/c1-2-5-3-4-6(8(10)7(5)9)14-15(11,12)13/h3-4H,2H2,1H3,(H,12,13). The third-order valence-electron chi connectivity index (χ3n) is 1.72. The third-order valence-corrected chi connectivity index (χ3v) is 2.14. The number of hydrogen-bond donors (Lipinski definition) is 1. The zero-order valence-corrected chi connectivity index (χ0v) is 8.60. The lowest BCUT2D eigenvalue weighted by Crippen LogP contribution is -1.97. The van der Waals surface area contributed by atoms with E-state index < -0.39 is 25.3 Å². The predicted octanol–water partition coefficient (Wildman–Crippen LogP) is 2.98. The molecule has 15 heavy (non-hydrogen) atoms. The molecule has 0 spiro atoms. The van der Waals surface area contributed by atoms with Gasteiger partial charge in [-0.25, -0.2) is 8.96 Å². The molecular weight excluding hydrogens is 232 g/mol. The molecule has 1 atom stereocenters. The molecule has 1 N–H and O–H groups in total. The van der Waals surface area contributed by atoms with Crippen molar-refractivity contribution in [1.29, 1.82) is 0 Å². The molecule has 0 heterocycles. The van der Waals surface area contributed by atoms with Gasteiger partial charge in [0.25, 0.3) is 0 Å². The van der Waals surface area contributed by atoms with Crippen LogP contribution in [0.3, 0.4) is 0 Å². The van der Waals surface area contributed by atoms with E-state index in [1.807, 2.05) is 0 Å². The Kier molecular flexibility index (Phi) is 3.42. The Morgan fingerprint density at radius 2 is 2.00 bits per heavy atom. The van der Waals surface area contributed by atoms with Gasteiger partial charge in [0.1, 0.15) is 0 Å². The van der Waals surface area contributed by atoms with Crippen LogP contribution in [-0.2, 0) is 11.0 Å². The molecule has 1 aromatic rings. The van der Waals surface area contributed by atoms with Gasteiger partial charge in [-0.15, -0.1) is 4.20 Å². The molecule has 0 aromatic heterocycles. The van der Waals surface area contributed by atoms with Crippen molar-refractivity contribution in [2.24, 2.45) is 0 Å². The molecule has 84 valence electrons. The van der Waals surface area contributed by atoms with Crippen molar-refractivity contribution in [3.63, 3.8) is 0 Å². The molecule has 0 saturated carbocycles. The Balaban J connectivity index is 3.13. The van der Waals surface area contributed by atoms with E-state index in [2.05, 4.69) is 4.52 Å². The van der Waals surface area contributed by atoms with E-state index in [0.717, 1.165) is 12.1 Å². The van der Waals surface area contributed by atoms with Crippen LogP contribution in [0.1, 0.15) is 12.5 Å². The number of hydrogen-bond acceptors (Lipinski definition) is 2. The second kappa shape index (κ2) is 4.24. The van der Waals surface area contributed by atoms with E-state index in [1.54, 1.807) is 6.92 Å². The summed E-state index contributed by atoms with van der Waals surface area (Å²) < 4.78 is 52.3. The second-order valence-electron chi connectivity index (χ2n) is 2.75. The number of halogens is 3. The molecule has 7 heteroatoms. The monoisotopic (exact) mass is 240 g/mol. The minimum atomic E-state index is -5.36. The highest BCUT2D eigenvalue weighted by Gasteiger charge is 2.23. The van der Waals surface area contributed by atoms with E-state index in [4.69, 9.17) is 4.89 Å². The van der Waals surface area contributed by atoms with Crippen molar-refractivity contribution in [3.05, 3.63) is 29.3 Å². The summed E-state index contributed by atoms with van der Waals surface area (Å²) in [7, 11) is -5.36. The first kappa shape index (κ1) is 12.1. The molecule has 1 aromatic carbocycles. The van der Waals surface area contributed by atoms with Gasteiger partial charge in [-0.05, 0) is 18.1 Å². The van der Waals surface area contributed by atoms with Crippen molar-refractivity contribution in [3.8, 4) is 5.75 Å². The molecule has 0 amide bonds. The summed E-state index contributed by atoms with van der Waals surface area (Å²) in [5, 5.41) is 0. The van der Waals surface area contributed by atoms with E-state index in [9.17, 15) is 17.5 Å². The highest BCUT2D eigenvalue weighted by molar-refractivity contribution is 7.47. The minimum absolute atomic E-state index is 0.0754. The van der Waals surface area contributed by atoms with Gasteiger partial charge in [0, 0.05) is 0 Å². The summed E-state index contributed by atoms with van der Waals surface area (Å²) >= 11 is 0. The van der Waals surface area contributed by atoms with Crippen molar-refractivity contribution in [2.75, 3.05) is 0 Å². The van der Waals surface area contributed by atoms with Crippen molar-refractivity contribution in [1.82, 2.24) is 0 Å². The van der Waals surface area contributed by atoms with Gasteiger partial charge in [-0.2, -0.15) is 4.39 Å². The smallest absolute Gasteiger partial charge is 0.398 e. The minimum Gasteiger partial charge on any atom is -0.398 e. The van der Waals surface area contributed by atoms with Crippen LogP contribution in [-0.4, -0.2) is 4.89 Å². The molecule has 0 aliphatic carbocycles. The lowest BCUT2D eigenvalue weighted by Gasteiger charge is -2.08. The van der Waals surface area contributed by atoms with Crippen molar-refractivity contribution >= 4 is 7.91 Å². The summed E-state index contributed by atoms with van der Waals surface area (Å²) in [4.78, 5) is 8.19. The zero-order valence-electron chi connectivity index (χ0n) is 7.71. The van der Waals surface area contributed by atoms with Crippen LogP contribution in [0.4, 0.5) is 13.0 Å². The molecule has 1 unspecified atom stereocenters. The van der Waals surface area contributed by atoms with E-state index in [1.165, 1.54) is 0 Å². The van der Waals surface area contributed by atoms with Crippen LogP contribution >= 0.6 is 7.91 Å². The lowest BCUT2D eigenvalue weighted by molar-refractivity contribution is 0.319. The third kappa shape index (κ3) is 2.97. The van der Waals surface area contributed by atoms with Crippen LogP contribution in [0.2, 0.25) is 0 Å². The SMILES string of the molecule is CCc1ccc(OP(=O)(O)F)c(F)c1F. The van der Waals surface area contributed by atoms with Crippen LogP contribution in [0, 0.1) is 11.6 Å². The number of aryl methyl sites for hydroxylation is 1. The quantitative estimate of drug-likeness (QED) is 0.826. The Morgan fingerprint density at radius 1 is 1.40 bits per heavy atom. The Bertz CT molecular complexity index is 416. The van der Waals surface area contributed by atoms with Gasteiger partial charge in [0.15, 0.2) is 11.6 Å². The fraction of sp³-hybridized carbons (Fsp3) is 0.250. The Morgan fingerprint density at radius 3 is 2.47 bits per heavy atom. The Labute approximate surface area is 84.2 Å². The van der Waals surface area contributed by atoms with Gasteiger partial charge in [-0.1, -0.05) is 13.0 Å². The molecular formula is C8H8F3O3P. The molecule has 0 saturated heterocycles. The normalized spacial score (nSPS) is 14.7. The number of rotatable bonds is 3. The summed E-state index contributed by atoms with van der Waals surface area (Å²) in [5.41, 5.74) is 0.0754. The van der Waals surface area contributed by atoms with E-state index in [0.29, 0.717) is 0 Å². The molecule has 0 bridgehead atoms. The zero-order chi connectivity index (χ0) is 11.6. The highest BCUT2D eigenvalue weighted by Crippen LogP contribution is 2.45. The molecule has 0 fully saturated rings. The van der Waals surface area contributed by atoms with Crippen molar-refractivity contribution < 1.29 is 27.0 Å². The maximum absolute atomic E-state index is 13.1. The van der Waals surface area contributed by atoms with Crippen LogP contribution in [0.15, 0.2) is 12.1 Å². The van der Waals surface area contributed by atoms with Crippen LogP contribution in [0.25, 0.3) is 0 Å². The first-order valence-corrected chi connectivity index (χ1v) is 5.51. The maximum Gasteiger partial charge on any atom is 0.567 e. The summed E-state index contributed by atoms with van der Waals surface area (Å²) in [5.74, 6) is -3.59. The van der Waals surface area contributed by atoms with Gasteiger partial charge < -0.3 is 4.52 Å². The second-order valence-corrected chi connectivity index (χ2v) is 3.83. The average molecular weight is 240 g/mol. The molecule has 0 aliphatic rings. The van der Waals surface area contributed by atoms with Gasteiger partial charge in [-0.3, -0.25) is 4.89 Å². The summed E-state index contributed by atoms with van der Waals surface area (Å²) in [6, 6.07) is 2.06. The number of benzene rings is 1. The fourth-order valence-corrected chi connectivity index (χ4v) is 1.42. The largest absolute Gasteiger partial charge is 0.567 e. The average Bonchev–Trinajstić information content (AvgIpc) is 2.11. The Hall–Kier alpha value is -1.00. The first-order valence-electron chi connectivity index (χ1n) is 4.04. The first-order chi connectivity index (χ1) is 6.85. The molecule has 0 aliphatic heterocycles. The van der Waals surface area contributed by atoms with Crippen LogP contribution < -0.4 is 4.52 Å². The maximum atomic E-state index is 13.1.